The summed E-state index contributed by atoms with van der Waals surface area (Å²) in [6, 6.07) is 10.7. The molecule has 0 fully saturated rings. The molecule has 0 aliphatic carbocycles. The third kappa shape index (κ3) is 1.63. The maximum absolute atomic E-state index is 11.1. The molecule has 0 atom stereocenters. The van der Waals surface area contributed by atoms with E-state index in [1.54, 1.807) is 12.1 Å². The molecule has 3 nitrogen and oxygen atoms in total. The molecule has 2 aromatic rings. The van der Waals surface area contributed by atoms with Crippen LogP contribution >= 0.6 is 0 Å². The average molecular weight is 213 g/mol. The smallest absolute Gasteiger partial charge is 0.248 e. The van der Waals surface area contributed by atoms with E-state index in [9.17, 15) is 9.90 Å². The van der Waals surface area contributed by atoms with Crippen LogP contribution in [0.5, 0.6) is 0 Å². The molecule has 3 N–H and O–H groups in total. The van der Waals surface area contributed by atoms with Crippen LogP contribution in [0.1, 0.15) is 15.9 Å². The molecule has 2 aromatic carbocycles. The number of primary amides is 1. The van der Waals surface area contributed by atoms with Crippen molar-refractivity contribution in [2.45, 2.75) is 0 Å². The summed E-state index contributed by atoms with van der Waals surface area (Å²) in [6.07, 6.45) is 0. The minimum Gasteiger partial charge on any atom is -0.508 e. The van der Waals surface area contributed by atoms with Crippen LogP contribution in [0.25, 0.3) is 16.5 Å². The van der Waals surface area contributed by atoms with E-state index in [1.165, 1.54) is 0 Å². The molecule has 2 rings (SSSR count). The molecule has 0 saturated heterocycles. The lowest BCUT2D eigenvalue weighted by molar-refractivity contribution is 0.100. The molecule has 0 aromatic heterocycles. The number of amides is 1. The van der Waals surface area contributed by atoms with Crippen LogP contribution < -0.4 is 5.73 Å². The zero-order valence-corrected chi connectivity index (χ0v) is 8.60. The molecule has 0 aliphatic rings. The number of hydrogen-bond donors (Lipinski definition) is 2. The highest BCUT2D eigenvalue weighted by Gasteiger charge is 2.08. The summed E-state index contributed by atoms with van der Waals surface area (Å²) in [7, 11) is 0. The van der Waals surface area contributed by atoms with Crippen molar-refractivity contribution in [3.63, 3.8) is 0 Å². The average Bonchev–Trinajstić information content (AvgIpc) is 2.27. The summed E-state index contributed by atoms with van der Waals surface area (Å²) in [5.41, 5.74) is 6.12. The van der Waals surface area contributed by atoms with Gasteiger partial charge in [-0.15, -0.1) is 0 Å². The number of carbonyl (C=O) groups excluding carboxylic acids is 1. The van der Waals surface area contributed by atoms with E-state index in [0.29, 0.717) is 11.1 Å². The van der Waals surface area contributed by atoms with Gasteiger partial charge in [-0.05, 0) is 22.9 Å². The lowest BCUT2D eigenvalue weighted by Gasteiger charge is -2.07. The summed E-state index contributed by atoms with van der Waals surface area (Å²) in [6.45, 7) is 3.48. The minimum absolute atomic E-state index is 0.0701. The van der Waals surface area contributed by atoms with Crippen LogP contribution in [-0.4, -0.2) is 11.0 Å². The highest BCUT2D eigenvalue weighted by molar-refractivity contribution is 6.01. The number of aliphatic hydroxyl groups is 1. The Kier molecular flexibility index (Phi) is 2.37. The van der Waals surface area contributed by atoms with E-state index in [-0.39, 0.29) is 5.76 Å². The van der Waals surface area contributed by atoms with E-state index >= 15 is 0 Å². The van der Waals surface area contributed by atoms with Crippen LogP contribution in [-0.2, 0) is 0 Å². The Morgan fingerprint density at radius 3 is 2.56 bits per heavy atom. The first kappa shape index (κ1) is 10.2. The Morgan fingerprint density at radius 1 is 1.25 bits per heavy atom. The Hall–Kier alpha value is -2.29. The third-order valence-corrected chi connectivity index (χ3v) is 2.46. The lowest BCUT2D eigenvalue weighted by Crippen LogP contribution is -2.11. The fourth-order valence-electron chi connectivity index (χ4n) is 1.69. The molecule has 1 amide bonds. The molecular formula is C13H11NO2. The molecule has 0 radical (unpaired) electrons. The fourth-order valence-corrected chi connectivity index (χ4v) is 1.69. The summed E-state index contributed by atoms with van der Waals surface area (Å²) in [4.78, 5) is 11.1. The molecule has 0 heterocycles. The zero-order valence-electron chi connectivity index (χ0n) is 8.60. The molecule has 0 unspecified atom stereocenters. The van der Waals surface area contributed by atoms with Gasteiger partial charge in [0.1, 0.15) is 5.76 Å². The Labute approximate surface area is 92.8 Å². The second kappa shape index (κ2) is 3.70. The number of carbonyl (C=O) groups is 1. The van der Waals surface area contributed by atoms with Gasteiger partial charge in [0, 0.05) is 11.1 Å². The van der Waals surface area contributed by atoms with Crippen molar-refractivity contribution < 1.29 is 9.90 Å². The van der Waals surface area contributed by atoms with Crippen molar-refractivity contribution >= 4 is 22.4 Å². The van der Waals surface area contributed by atoms with Gasteiger partial charge >= 0.3 is 0 Å². The van der Waals surface area contributed by atoms with Crippen molar-refractivity contribution in [3.05, 3.63) is 54.1 Å². The van der Waals surface area contributed by atoms with Crippen LogP contribution in [0.15, 0.2) is 43.0 Å². The third-order valence-electron chi connectivity index (χ3n) is 2.46. The van der Waals surface area contributed by atoms with Crippen LogP contribution in [0, 0.1) is 0 Å². The lowest BCUT2D eigenvalue weighted by atomic mass is 10.00. The number of benzene rings is 2. The van der Waals surface area contributed by atoms with Crippen LogP contribution in [0.2, 0.25) is 0 Å². The van der Waals surface area contributed by atoms with Gasteiger partial charge < -0.3 is 10.8 Å². The monoisotopic (exact) mass is 213 g/mol. The highest BCUT2D eigenvalue weighted by atomic mass is 16.3. The predicted molar refractivity (Wildman–Crippen MR) is 64.1 cm³/mol. The SMILES string of the molecule is C=C(O)c1cc(C(N)=O)cc2ccccc12. The largest absolute Gasteiger partial charge is 0.508 e. The van der Waals surface area contributed by atoms with Gasteiger partial charge in [-0.3, -0.25) is 4.79 Å². The number of hydrogen-bond acceptors (Lipinski definition) is 2. The summed E-state index contributed by atoms with van der Waals surface area (Å²) in [5, 5.41) is 11.2. The van der Waals surface area contributed by atoms with Gasteiger partial charge in [0.25, 0.3) is 0 Å². The van der Waals surface area contributed by atoms with Crippen molar-refractivity contribution in [1.29, 1.82) is 0 Å². The van der Waals surface area contributed by atoms with E-state index < -0.39 is 5.91 Å². The molecular weight excluding hydrogens is 202 g/mol. The van der Waals surface area contributed by atoms with Crippen molar-refractivity contribution in [3.8, 4) is 0 Å². The second-order valence-corrected chi connectivity index (χ2v) is 3.56. The molecule has 0 aliphatic heterocycles. The quantitative estimate of drug-likeness (QED) is 0.752. The fraction of sp³-hybridized carbons (Fsp3) is 0. The van der Waals surface area contributed by atoms with Crippen molar-refractivity contribution in [2.75, 3.05) is 0 Å². The van der Waals surface area contributed by atoms with E-state index in [4.69, 9.17) is 5.73 Å². The topological polar surface area (TPSA) is 63.3 Å². The van der Waals surface area contributed by atoms with Gasteiger partial charge in [0.15, 0.2) is 0 Å². The Morgan fingerprint density at radius 2 is 1.94 bits per heavy atom. The number of fused-ring (bicyclic) bond motifs is 1. The standard InChI is InChI=1S/C13H11NO2/c1-8(15)12-7-10(13(14)16)6-9-4-2-3-5-11(9)12/h2-7,15H,1H2,(H2,14,16). The predicted octanol–water partition coefficient (Wildman–Crippen LogP) is 2.47. The first-order chi connectivity index (χ1) is 7.59. The van der Waals surface area contributed by atoms with Crippen molar-refractivity contribution in [1.82, 2.24) is 0 Å². The highest BCUT2D eigenvalue weighted by Crippen LogP contribution is 2.24. The first-order valence-corrected chi connectivity index (χ1v) is 4.80. The van der Waals surface area contributed by atoms with E-state index in [0.717, 1.165) is 10.8 Å². The normalized spacial score (nSPS) is 10.2. The van der Waals surface area contributed by atoms with E-state index in [2.05, 4.69) is 6.58 Å². The first-order valence-electron chi connectivity index (χ1n) is 4.80. The van der Waals surface area contributed by atoms with Gasteiger partial charge in [0.05, 0.1) is 0 Å². The molecule has 3 heteroatoms. The van der Waals surface area contributed by atoms with Crippen LogP contribution in [0.3, 0.4) is 0 Å². The number of aliphatic hydroxyl groups excluding tert-OH is 1. The molecule has 0 saturated carbocycles. The van der Waals surface area contributed by atoms with Gasteiger partial charge in [-0.2, -0.15) is 0 Å². The minimum atomic E-state index is -0.520. The number of nitrogens with two attached hydrogens (primary N) is 1. The maximum Gasteiger partial charge on any atom is 0.248 e. The summed E-state index contributed by atoms with van der Waals surface area (Å²) >= 11 is 0. The Balaban J connectivity index is 2.84. The van der Waals surface area contributed by atoms with E-state index in [1.807, 2.05) is 24.3 Å². The molecule has 80 valence electrons. The number of rotatable bonds is 2. The van der Waals surface area contributed by atoms with Gasteiger partial charge in [-0.1, -0.05) is 30.8 Å². The molecule has 0 bridgehead atoms. The molecule has 0 spiro atoms. The van der Waals surface area contributed by atoms with Gasteiger partial charge in [0.2, 0.25) is 5.91 Å². The van der Waals surface area contributed by atoms with Crippen LogP contribution in [0.4, 0.5) is 0 Å². The summed E-state index contributed by atoms with van der Waals surface area (Å²) < 4.78 is 0. The molecule has 16 heavy (non-hydrogen) atoms. The second-order valence-electron chi connectivity index (χ2n) is 3.56. The zero-order chi connectivity index (χ0) is 11.7. The van der Waals surface area contributed by atoms with Crippen molar-refractivity contribution in [2.24, 2.45) is 5.73 Å². The Bertz CT molecular complexity index is 588. The summed E-state index contributed by atoms with van der Waals surface area (Å²) in [5.74, 6) is -0.590. The van der Waals surface area contributed by atoms with Gasteiger partial charge in [-0.25, -0.2) is 0 Å². The maximum atomic E-state index is 11.1.